The van der Waals surface area contributed by atoms with Crippen molar-refractivity contribution in [2.24, 2.45) is 5.73 Å². The first-order valence-electron chi connectivity index (χ1n) is 6.31. The Hall–Kier alpha value is -1.17. The fraction of sp³-hybridized carbons (Fsp3) is 0.500. The van der Waals surface area contributed by atoms with E-state index in [9.17, 15) is 0 Å². The Morgan fingerprint density at radius 2 is 2.16 bits per heavy atom. The van der Waals surface area contributed by atoms with Crippen LogP contribution in [0.5, 0.6) is 5.75 Å². The van der Waals surface area contributed by atoms with Crippen molar-refractivity contribution in [3.63, 3.8) is 0 Å². The molecule has 0 aliphatic heterocycles. The molecule has 0 unspecified atom stereocenters. The number of aliphatic hydroxyl groups excluding tert-OH is 1. The van der Waals surface area contributed by atoms with Gasteiger partial charge in [0.1, 0.15) is 10.7 Å². The predicted octanol–water partition coefficient (Wildman–Crippen LogP) is 1.53. The molecule has 1 aromatic carbocycles. The lowest BCUT2D eigenvalue weighted by atomic mass is 10.1. The molecule has 0 spiro atoms. The van der Waals surface area contributed by atoms with Crippen molar-refractivity contribution in [3.8, 4) is 5.75 Å². The van der Waals surface area contributed by atoms with Gasteiger partial charge in [0.25, 0.3) is 0 Å². The summed E-state index contributed by atoms with van der Waals surface area (Å²) in [6.45, 7) is 5.75. The molecule has 0 aromatic heterocycles. The van der Waals surface area contributed by atoms with E-state index in [0.717, 1.165) is 17.7 Å². The van der Waals surface area contributed by atoms with Gasteiger partial charge in [-0.25, -0.2) is 0 Å². The minimum Gasteiger partial charge on any atom is -0.496 e. The highest BCUT2D eigenvalue weighted by Gasteiger charge is 2.12. The summed E-state index contributed by atoms with van der Waals surface area (Å²) >= 11 is 5.04. The van der Waals surface area contributed by atoms with E-state index < -0.39 is 0 Å². The molecule has 4 nitrogen and oxygen atoms in total. The van der Waals surface area contributed by atoms with Gasteiger partial charge in [0.2, 0.25) is 0 Å². The van der Waals surface area contributed by atoms with Crippen LogP contribution in [0.25, 0.3) is 0 Å². The highest BCUT2D eigenvalue weighted by Crippen LogP contribution is 2.21. The van der Waals surface area contributed by atoms with Crippen molar-refractivity contribution in [1.82, 2.24) is 4.90 Å². The Labute approximate surface area is 120 Å². The third kappa shape index (κ3) is 4.45. The highest BCUT2D eigenvalue weighted by atomic mass is 32.1. The fourth-order valence-corrected chi connectivity index (χ4v) is 2.09. The molecule has 0 radical (unpaired) electrons. The summed E-state index contributed by atoms with van der Waals surface area (Å²) in [6, 6.07) is 6.19. The maximum atomic E-state index is 9.09. The van der Waals surface area contributed by atoms with Gasteiger partial charge in [0.15, 0.2) is 0 Å². The van der Waals surface area contributed by atoms with Crippen molar-refractivity contribution in [3.05, 3.63) is 29.3 Å². The number of hydrogen-bond donors (Lipinski definition) is 2. The number of ether oxygens (including phenoxy) is 1. The van der Waals surface area contributed by atoms with E-state index in [1.807, 2.05) is 18.2 Å². The summed E-state index contributed by atoms with van der Waals surface area (Å²) in [5.74, 6) is 0.689. The summed E-state index contributed by atoms with van der Waals surface area (Å²) in [5, 5.41) is 9.09. The van der Waals surface area contributed by atoms with Crippen LogP contribution in [0, 0.1) is 0 Å². The van der Waals surface area contributed by atoms with Crippen molar-refractivity contribution < 1.29 is 9.84 Å². The van der Waals surface area contributed by atoms with Crippen LogP contribution in [0.2, 0.25) is 0 Å². The number of nitrogens with two attached hydrogens (primary N) is 1. The summed E-state index contributed by atoms with van der Waals surface area (Å²) in [4.78, 5) is 2.52. The smallest absolute Gasteiger partial charge is 0.129 e. The quantitative estimate of drug-likeness (QED) is 0.743. The largest absolute Gasteiger partial charge is 0.496 e. The highest BCUT2D eigenvalue weighted by molar-refractivity contribution is 7.80. The zero-order chi connectivity index (χ0) is 14.4. The number of hydrogen-bond acceptors (Lipinski definition) is 4. The van der Waals surface area contributed by atoms with E-state index in [2.05, 4.69) is 18.7 Å². The second-order valence-corrected chi connectivity index (χ2v) is 5.13. The molecule has 0 bridgehead atoms. The van der Waals surface area contributed by atoms with Gasteiger partial charge in [0, 0.05) is 19.1 Å². The number of nitrogens with zero attached hydrogens (tertiary/aromatic N) is 1. The normalized spacial score (nSPS) is 11.1. The maximum absolute atomic E-state index is 9.09. The SMILES string of the molecule is COc1ccc(CN(CCO)C(C)C)cc1C(N)=S. The van der Waals surface area contributed by atoms with E-state index in [-0.39, 0.29) is 6.61 Å². The zero-order valence-corrected chi connectivity index (χ0v) is 12.5. The molecule has 3 N–H and O–H groups in total. The van der Waals surface area contributed by atoms with Gasteiger partial charge in [0.05, 0.1) is 19.3 Å². The van der Waals surface area contributed by atoms with Crippen molar-refractivity contribution in [1.29, 1.82) is 0 Å². The van der Waals surface area contributed by atoms with Crippen molar-refractivity contribution in [2.45, 2.75) is 26.4 Å². The molecule has 0 heterocycles. The lowest BCUT2D eigenvalue weighted by molar-refractivity contribution is 0.159. The minimum atomic E-state index is 0.149. The van der Waals surface area contributed by atoms with Crippen LogP contribution in [0.1, 0.15) is 25.0 Å². The molecule has 0 aliphatic rings. The van der Waals surface area contributed by atoms with Crippen molar-refractivity contribution in [2.75, 3.05) is 20.3 Å². The average molecular weight is 282 g/mol. The second kappa shape index (κ2) is 7.43. The number of benzene rings is 1. The number of aliphatic hydroxyl groups is 1. The van der Waals surface area contributed by atoms with Gasteiger partial charge in [-0.15, -0.1) is 0 Å². The molecule has 0 fully saturated rings. The van der Waals surface area contributed by atoms with Crippen molar-refractivity contribution >= 4 is 17.2 Å². The summed E-state index contributed by atoms with van der Waals surface area (Å²) in [6.07, 6.45) is 0. The third-order valence-electron chi connectivity index (χ3n) is 3.03. The van der Waals surface area contributed by atoms with Crippen LogP contribution in [-0.4, -0.2) is 41.3 Å². The molecule has 0 saturated carbocycles. The van der Waals surface area contributed by atoms with Gasteiger partial charge < -0.3 is 15.6 Å². The summed E-state index contributed by atoms with van der Waals surface area (Å²) in [5.41, 5.74) is 7.56. The Morgan fingerprint density at radius 1 is 1.47 bits per heavy atom. The van der Waals surface area contributed by atoms with Crippen LogP contribution in [0.3, 0.4) is 0 Å². The maximum Gasteiger partial charge on any atom is 0.129 e. The average Bonchev–Trinajstić information content (AvgIpc) is 2.37. The lowest BCUT2D eigenvalue weighted by Gasteiger charge is -2.26. The standard InChI is InChI=1S/C14H22N2O2S/c1-10(2)16(6-7-17)9-11-4-5-13(18-3)12(8-11)14(15)19/h4-5,8,10,17H,6-7,9H2,1-3H3,(H2,15,19). The first-order chi connectivity index (χ1) is 8.99. The number of methoxy groups -OCH3 is 1. The van der Waals surface area contributed by atoms with E-state index in [0.29, 0.717) is 23.3 Å². The molecule has 0 aliphatic carbocycles. The van der Waals surface area contributed by atoms with Crippen LogP contribution in [-0.2, 0) is 6.54 Å². The Balaban J connectivity index is 2.95. The summed E-state index contributed by atoms with van der Waals surface area (Å²) < 4.78 is 5.24. The van der Waals surface area contributed by atoms with Crippen LogP contribution < -0.4 is 10.5 Å². The van der Waals surface area contributed by atoms with Gasteiger partial charge in [-0.05, 0) is 31.5 Å². The lowest BCUT2D eigenvalue weighted by Crippen LogP contribution is -2.33. The van der Waals surface area contributed by atoms with Gasteiger partial charge in [-0.3, -0.25) is 4.90 Å². The fourth-order valence-electron chi connectivity index (χ4n) is 1.93. The second-order valence-electron chi connectivity index (χ2n) is 4.69. The summed E-state index contributed by atoms with van der Waals surface area (Å²) in [7, 11) is 1.60. The van der Waals surface area contributed by atoms with E-state index >= 15 is 0 Å². The molecular formula is C14H22N2O2S. The first kappa shape index (κ1) is 15.9. The topological polar surface area (TPSA) is 58.7 Å². The zero-order valence-electron chi connectivity index (χ0n) is 11.7. The molecule has 19 heavy (non-hydrogen) atoms. The van der Waals surface area contributed by atoms with Gasteiger partial charge in [-0.1, -0.05) is 18.3 Å². The molecular weight excluding hydrogens is 260 g/mol. The Morgan fingerprint density at radius 3 is 2.63 bits per heavy atom. The molecule has 1 aromatic rings. The molecule has 5 heteroatoms. The molecule has 1 rings (SSSR count). The van der Waals surface area contributed by atoms with E-state index in [1.54, 1.807) is 7.11 Å². The Kier molecular flexibility index (Phi) is 6.21. The molecule has 106 valence electrons. The number of thiocarbonyl (C=S) groups is 1. The monoisotopic (exact) mass is 282 g/mol. The molecule has 0 saturated heterocycles. The van der Waals surface area contributed by atoms with E-state index in [4.69, 9.17) is 27.8 Å². The predicted molar refractivity (Wildman–Crippen MR) is 81.5 cm³/mol. The van der Waals surface area contributed by atoms with Crippen LogP contribution >= 0.6 is 12.2 Å². The molecule has 0 amide bonds. The van der Waals surface area contributed by atoms with E-state index in [1.165, 1.54) is 0 Å². The van der Waals surface area contributed by atoms with Gasteiger partial charge in [-0.2, -0.15) is 0 Å². The Bertz CT molecular complexity index is 435. The minimum absolute atomic E-state index is 0.149. The van der Waals surface area contributed by atoms with Gasteiger partial charge >= 0.3 is 0 Å². The van der Waals surface area contributed by atoms with Crippen LogP contribution in [0.4, 0.5) is 0 Å². The molecule has 0 atom stereocenters. The number of rotatable bonds is 7. The van der Waals surface area contributed by atoms with Crippen LogP contribution in [0.15, 0.2) is 18.2 Å². The third-order valence-corrected chi connectivity index (χ3v) is 3.25. The first-order valence-corrected chi connectivity index (χ1v) is 6.72.